The average Bonchev–Trinajstić information content (AvgIpc) is 2.19. The van der Waals surface area contributed by atoms with Gasteiger partial charge in [-0.2, -0.15) is 0 Å². The summed E-state index contributed by atoms with van der Waals surface area (Å²) in [5.41, 5.74) is 2.41. The number of rotatable bonds is 4. The van der Waals surface area contributed by atoms with E-state index in [0.29, 0.717) is 6.61 Å². The Morgan fingerprint density at radius 3 is 2.77 bits per heavy atom. The third-order valence-corrected chi connectivity index (χ3v) is 1.51. The number of hydrogen-bond acceptors (Lipinski definition) is 2. The van der Waals surface area contributed by atoms with E-state index >= 15 is 0 Å². The Bertz CT molecular complexity index is 282. The van der Waals surface area contributed by atoms with Crippen molar-refractivity contribution >= 4 is 17.8 Å². The first-order chi connectivity index (χ1) is 6.43. The van der Waals surface area contributed by atoms with Crippen molar-refractivity contribution in [1.82, 2.24) is 0 Å². The highest BCUT2D eigenvalue weighted by molar-refractivity contribution is 6.25. The standard InChI is InChI=1S/C10H10ClNO/c11-7-4-8-13-12-9-10-5-2-1-3-6-10/h1-7,9H,8H2/b7-4+,12-9+. The number of benzene rings is 1. The van der Waals surface area contributed by atoms with Crippen molar-refractivity contribution in [2.45, 2.75) is 0 Å². The van der Waals surface area contributed by atoms with Crippen molar-refractivity contribution in [3.63, 3.8) is 0 Å². The average molecular weight is 196 g/mol. The van der Waals surface area contributed by atoms with Crippen molar-refractivity contribution in [2.24, 2.45) is 5.16 Å². The van der Waals surface area contributed by atoms with Crippen LogP contribution in [-0.2, 0) is 4.84 Å². The molecule has 0 unspecified atom stereocenters. The lowest BCUT2D eigenvalue weighted by Crippen LogP contribution is -1.84. The molecule has 13 heavy (non-hydrogen) atoms. The van der Waals surface area contributed by atoms with Crippen LogP contribution in [-0.4, -0.2) is 12.8 Å². The molecule has 0 fully saturated rings. The zero-order chi connectivity index (χ0) is 9.36. The SMILES string of the molecule is Cl/C=C/CO/N=C/c1ccccc1. The van der Waals surface area contributed by atoms with Crippen LogP contribution in [0.4, 0.5) is 0 Å². The molecule has 0 amide bonds. The Hall–Kier alpha value is -1.28. The lowest BCUT2D eigenvalue weighted by atomic mass is 10.2. The molecular weight excluding hydrogens is 186 g/mol. The van der Waals surface area contributed by atoms with Gasteiger partial charge in [-0.25, -0.2) is 0 Å². The number of hydrogen-bond donors (Lipinski definition) is 0. The molecule has 1 rings (SSSR count). The maximum Gasteiger partial charge on any atom is 0.136 e. The summed E-state index contributed by atoms with van der Waals surface area (Å²) in [4.78, 5) is 4.88. The predicted octanol–water partition coefficient (Wildman–Crippen LogP) is 2.79. The van der Waals surface area contributed by atoms with Crippen LogP contribution < -0.4 is 0 Å². The van der Waals surface area contributed by atoms with Crippen molar-refractivity contribution in [2.75, 3.05) is 6.61 Å². The Morgan fingerprint density at radius 2 is 2.08 bits per heavy atom. The molecule has 68 valence electrons. The van der Waals surface area contributed by atoms with Crippen LogP contribution in [0.1, 0.15) is 5.56 Å². The van der Waals surface area contributed by atoms with Crippen LogP contribution in [0.25, 0.3) is 0 Å². The minimum absolute atomic E-state index is 0.396. The Kier molecular flexibility index (Phi) is 4.72. The summed E-state index contributed by atoms with van der Waals surface area (Å²) in [6.07, 6.45) is 3.33. The van der Waals surface area contributed by atoms with E-state index in [0.717, 1.165) is 5.56 Å². The third-order valence-electron chi connectivity index (χ3n) is 1.34. The smallest absolute Gasteiger partial charge is 0.136 e. The van der Waals surface area contributed by atoms with E-state index in [1.54, 1.807) is 12.3 Å². The molecule has 1 aromatic carbocycles. The summed E-state index contributed by atoms with van der Waals surface area (Å²) in [6.45, 7) is 0.396. The largest absolute Gasteiger partial charge is 0.392 e. The van der Waals surface area contributed by atoms with Gasteiger partial charge in [0.15, 0.2) is 0 Å². The van der Waals surface area contributed by atoms with Gasteiger partial charge in [-0.3, -0.25) is 0 Å². The van der Waals surface area contributed by atoms with Crippen LogP contribution in [0.5, 0.6) is 0 Å². The number of nitrogens with zero attached hydrogens (tertiary/aromatic N) is 1. The van der Waals surface area contributed by atoms with Gasteiger partial charge in [-0.1, -0.05) is 47.1 Å². The first-order valence-electron chi connectivity index (χ1n) is 3.89. The molecule has 0 aromatic heterocycles. The first-order valence-corrected chi connectivity index (χ1v) is 4.33. The van der Waals surface area contributed by atoms with Gasteiger partial charge in [0.2, 0.25) is 0 Å². The first kappa shape index (κ1) is 9.81. The van der Waals surface area contributed by atoms with Gasteiger partial charge in [0.1, 0.15) is 6.61 Å². The highest BCUT2D eigenvalue weighted by Crippen LogP contribution is 1.94. The molecule has 0 heterocycles. The molecule has 0 radical (unpaired) electrons. The maximum absolute atomic E-state index is 5.29. The van der Waals surface area contributed by atoms with Gasteiger partial charge in [0, 0.05) is 5.54 Å². The second-order valence-electron chi connectivity index (χ2n) is 2.30. The summed E-state index contributed by atoms with van der Waals surface area (Å²) < 4.78 is 0. The Balaban J connectivity index is 2.32. The van der Waals surface area contributed by atoms with Gasteiger partial charge in [0.25, 0.3) is 0 Å². The fourth-order valence-corrected chi connectivity index (χ4v) is 0.832. The van der Waals surface area contributed by atoms with Crippen LogP contribution in [0.15, 0.2) is 47.1 Å². The van der Waals surface area contributed by atoms with Crippen molar-refractivity contribution in [3.05, 3.63) is 47.5 Å². The zero-order valence-corrected chi connectivity index (χ0v) is 7.82. The molecule has 0 aliphatic rings. The van der Waals surface area contributed by atoms with Crippen LogP contribution in [0.3, 0.4) is 0 Å². The molecule has 0 spiro atoms. The molecule has 0 aliphatic heterocycles. The minimum Gasteiger partial charge on any atom is -0.392 e. The lowest BCUT2D eigenvalue weighted by Gasteiger charge is -1.92. The molecular formula is C10H10ClNO. The normalized spacial score (nSPS) is 11.2. The fraction of sp³-hybridized carbons (Fsp3) is 0.100. The summed E-state index contributed by atoms with van der Waals surface area (Å²) in [5, 5.41) is 3.74. The van der Waals surface area contributed by atoms with Crippen LogP contribution >= 0.6 is 11.6 Å². The molecule has 0 bridgehead atoms. The summed E-state index contributed by atoms with van der Waals surface area (Å²) in [6, 6.07) is 9.74. The molecule has 0 atom stereocenters. The highest BCUT2D eigenvalue weighted by atomic mass is 35.5. The zero-order valence-electron chi connectivity index (χ0n) is 7.06. The molecule has 2 nitrogen and oxygen atoms in total. The lowest BCUT2D eigenvalue weighted by molar-refractivity contribution is 0.176. The molecule has 1 aromatic rings. The van der Waals surface area contributed by atoms with E-state index in [2.05, 4.69) is 5.16 Å². The van der Waals surface area contributed by atoms with Gasteiger partial charge in [-0.15, -0.1) is 0 Å². The van der Waals surface area contributed by atoms with E-state index in [1.807, 2.05) is 30.3 Å². The molecule has 0 saturated carbocycles. The molecule has 0 N–H and O–H groups in total. The number of oxime groups is 1. The Labute approximate surface area is 82.5 Å². The minimum atomic E-state index is 0.396. The molecule has 3 heteroatoms. The highest BCUT2D eigenvalue weighted by Gasteiger charge is 1.82. The Morgan fingerprint density at radius 1 is 1.31 bits per heavy atom. The van der Waals surface area contributed by atoms with Crippen LogP contribution in [0, 0.1) is 0 Å². The van der Waals surface area contributed by atoms with E-state index in [-0.39, 0.29) is 0 Å². The topological polar surface area (TPSA) is 21.6 Å². The predicted molar refractivity (Wildman–Crippen MR) is 55.0 cm³/mol. The van der Waals surface area contributed by atoms with E-state index in [4.69, 9.17) is 16.4 Å². The van der Waals surface area contributed by atoms with Crippen molar-refractivity contribution < 1.29 is 4.84 Å². The summed E-state index contributed by atoms with van der Waals surface area (Å²) in [5.74, 6) is 0. The van der Waals surface area contributed by atoms with Crippen molar-refractivity contribution in [3.8, 4) is 0 Å². The molecule has 0 saturated heterocycles. The van der Waals surface area contributed by atoms with Crippen LogP contribution in [0.2, 0.25) is 0 Å². The molecule has 0 aliphatic carbocycles. The summed E-state index contributed by atoms with van der Waals surface area (Å²) in [7, 11) is 0. The third kappa shape index (κ3) is 4.33. The monoisotopic (exact) mass is 195 g/mol. The maximum atomic E-state index is 5.29. The second kappa shape index (κ2) is 6.26. The van der Waals surface area contributed by atoms with Gasteiger partial charge in [-0.05, 0) is 11.6 Å². The summed E-state index contributed by atoms with van der Waals surface area (Å²) >= 11 is 5.29. The van der Waals surface area contributed by atoms with Gasteiger partial charge in [0.05, 0.1) is 6.21 Å². The van der Waals surface area contributed by atoms with Crippen molar-refractivity contribution in [1.29, 1.82) is 0 Å². The van der Waals surface area contributed by atoms with Gasteiger partial charge < -0.3 is 4.84 Å². The number of halogens is 1. The quantitative estimate of drug-likeness (QED) is 0.411. The van der Waals surface area contributed by atoms with E-state index in [9.17, 15) is 0 Å². The fourth-order valence-electron chi connectivity index (χ4n) is 0.760. The van der Waals surface area contributed by atoms with E-state index < -0.39 is 0 Å². The second-order valence-corrected chi connectivity index (χ2v) is 2.55. The van der Waals surface area contributed by atoms with Gasteiger partial charge >= 0.3 is 0 Å². The van der Waals surface area contributed by atoms with E-state index in [1.165, 1.54) is 5.54 Å².